The van der Waals surface area contributed by atoms with Crippen molar-refractivity contribution in [3.63, 3.8) is 0 Å². The lowest BCUT2D eigenvalue weighted by Crippen LogP contribution is -2.39. The molecule has 5 heteroatoms. The smallest absolute Gasteiger partial charge is 0.158 e. The zero-order valence-electron chi connectivity index (χ0n) is 12.1. The van der Waals surface area contributed by atoms with Crippen molar-refractivity contribution in [2.24, 2.45) is 5.92 Å². The van der Waals surface area contributed by atoms with Crippen LogP contribution in [0.2, 0.25) is 0 Å². The van der Waals surface area contributed by atoms with E-state index in [2.05, 4.69) is 11.4 Å². The van der Waals surface area contributed by atoms with Crippen LogP contribution in [0.4, 0.5) is 0 Å². The number of methoxy groups -OCH3 is 1. The van der Waals surface area contributed by atoms with Gasteiger partial charge in [0.1, 0.15) is 11.7 Å². The van der Waals surface area contributed by atoms with E-state index in [-0.39, 0.29) is 11.7 Å². The Bertz CT molecular complexity index is 656. The third-order valence-electron chi connectivity index (χ3n) is 3.63. The molecule has 0 bridgehead atoms. The second-order valence-corrected chi connectivity index (χ2v) is 5.38. The maximum absolute atomic E-state index is 12.0. The van der Waals surface area contributed by atoms with Gasteiger partial charge in [-0.15, -0.1) is 0 Å². The minimum absolute atomic E-state index is 0.0523. The molecule has 4 nitrogen and oxygen atoms in total. The molecule has 2 atom stereocenters. The van der Waals surface area contributed by atoms with E-state index in [1.807, 2.05) is 31.2 Å². The average molecular weight is 300 g/mol. The third-order valence-corrected chi connectivity index (χ3v) is 3.99. The largest absolute Gasteiger partial charge is 0.497 e. The summed E-state index contributed by atoms with van der Waals surface area (Å²) in [6.45, 7) is 3.33. The van der Waals surface area contributed by atoms with Crippen LogP contribution in [-0.2, 0) is 4.79 Å². The monoisotopic (exact) mass is 300 g/mol. The van der Waals surface area contributed by atoms with Crippen LogP contribution in [0, 0.1) is 17.2 Å². The Morgan fingerprint density at radius 1 is 1.38 bits per heavy atom. The molecule has 1 aliphatic heterocycles. The lowest BCUT2D eigenvalue weighted by molar-refractivity contribution is -0.114. The van der Waals surface area contributed by atoms with E-state index in [1.54, 1.807) is 7.11 Å². The topological polar surface area (TPSA) is 62.1 Å². The Kier molecular flexibility index (Phi) is 4.39. The zero-order chi connectivity index (χ0) is 15.6. The van der Waals surface area contributed by atoms with Crippen molar-refractivity contribution in [1.29, 1.82) is 5.26 Å². The quantitative estimate of drug-likeness (QED) is 0.870. The van der Waals surface area contributed by atoms with Crippen molar-refractivity contribution < 1.29 is 9.53 Å². The molecule has 0 radical (unpaired) electrons. The molecule has 2 rings (SSSR count). The summed E-state index contributed by atoms with van der Waals surface area (Å²) >= 11 is 5.26. The number of allylic oxidation sites excluding steroid dienone is 2. The van der Waals surface area contributed by atoms with Crippen molar-refractivity contribution >= 4 is 23.0 Å². The van der Waals surface area contributed by atoms with Crippen molar-refractivity contribution in [1.82, 2.24) is 5.32 Å². The number of ketones is 1. The normalized spacial score (nSPS) is 21.5. The first-order chi connectivity index (χ1) is 9.99. The van der Waals surface area contributed by atoms with E-state index in [1.165, 1.54) is 6.92 Å². The van der Waals surface area contributed by atoms with E-state index in [4.69, 9.17) is 17.0 Å². The van der Waals surface area contributed by atoms with Gasteiger partial charge in [0.15, 0.2) is 5.78 Å². The molecule has 0 aliphatic carbocycles. The molecule has 0 amide bonds. The highest BCUT2D eigenvalue weighted by molar-refractivity contribution is 7.80. The predicted octanol–water partition coefficient (Wildman–Crippen LogP) is 2.71. The first-order valence-corrected chi connectivity index (χ1v) is 6.96. The Balaban J connectivity index is 2.57. The molecule has 21 heavy (non-hydrogen) atoms. The molecule has 1 aliphatic rings. The van der Waals surface area contributed by atoms with Gasteiger partial charge < -0.3 is 10.1 Å². The lowest BCUT2D eigenvalue weighted by atomic mass is 9.76. The van der Waals surface area contributed by atoms with Gasteiger partial charge in [0.25, 0.3) is 0 Å². The summed E-state index contributed by atoms with van der Waals surface area (Å²) in [5, 5.41) is 12.4. The fourth-order valence-corrected chi connectivity index (χ4v) is 3.01. The van der Waals surface area contributed by atoms with Gasteiger partial charge in [-0.1, -0.05) is 24.4 Å². The number of benzene rings is 1. The first-order valence-electron chi connectivity index (χ1n) is 6.55. The second-order valence-electron chi connectivity index (χ2n) is 4.94. The maximum Gasteiger partial charge on any atom is 0.158 e. The Morgan fingerprint density at radius 3 is 2.48 bits per heavy atom. The number of carbonyl (C=O) groups is 1. The molecule has 1 N–H and O–H groups in total. The molecule has 1 aromatic carbocycles. The van der Waals surface area contributed by atoms with Crippen molar-refractivity contribution in [3.8, 4) is 11.8 Å². The molecule has 1 heterocycles. The zero-order valence-corrected chi connectivity index (χ0v) is 13.0. The van der Waals surface area contributed by atoms with Gasteiger partial charge in [-0.25, -0.2) is 0 Å². The van der Waals surface area contributed by atoms with Crippen LogP contribution in [-0.4, -0.2) is 17.9 Å². The Morgan fingerprint density at radius 2 is 2.00 bits per heavy atom. The van der Waals surface area contributed by atoms with Crippen LogP contribution < -0.4 is 10.1 Å². The third kappa shape index (κ3) is 2.81. The van der Waals surface area contributed by atoms with E-state index in [0.717, 1.165) is 17.0 Å². The molecule has 2 unspecified atom stereocenters. The van der Waals surface area contributed by atoms with Crippen LogP contribution in [0.15, 0.2) is 35.5 Å². The van der Waals surface area contributed by atoms with Gasteiger partial charge in [0.2, 0.25) is 0 Å². The summed E-state index contributed by atoms with van der Waals surface area (Å²) in [6.07, 6.45) is 0. The SMILES string of the molecule is COc1ccc(C2C(C(C)=O)=C(C)NC(=S)C2C#N)cc1. The van der Waals surface area contributed by atoms with Gasteiger partial charge >= 0.3 is 0 Å². The molecule has 1 aromatic rings. The number of hydrogen-bond acceptors (Lipinski definition) is 4. The molecule has 0 spiro atoms. The number of rotatable bonds is 3. The van der Waals surface area contributed by atoms with Gasteiger partial charge in [-0.2, -0.15) is 5.26 Å². The summed E-state index contributed by atoms with van der Waals surface area (Å²) in [6, 6.07) is 9.60. The fourth-order valence-electron chi connectivity index (χ4n) is 2.67. The van der Waals surface area contributed by atoms with Crippen LogP contribution in [0.1, 0.15) is 25.3 Å². The number of Topliss-reactive ketones (excluding diaryl/α,β-unsaturated/α-hetero) is 1. The molecule has 0 saturated carbocycles. The van der Waals surface area contributed by atoms with Crippen molar-refractivity contribution in [2.75, 3.05) is 7.11 Å². The highest BCUT2D eigenvalue weighted by Gasteiger charge is 2.37. The summed E-state index contributed by atoms with van der Waals surface area (Å²) < 4.78 is 5.14. The van der Waals surface area contributed by atoms with Crippen molar-refractivity contribution in [3.05, 3.63) is 41.1 Å². The molecule has 0 aromatic heterocycles. The highest BCUT2D eigenvalue weighted by atomic mass is 32.1. The second kappa shape index (κ2) is 6.06. The highest BCUT2D eigenvalue weighted by Crippen LogP contribution is 2.38. The number of ether oxygens (including phenoxy) is 1. The van der Waals surface area contributed by atoms with Crippen LogP contribution in [0.25, 0.3) is 0 Å². The summed E-state index contributed by atoms with van der Waals surface area (Å²) in [7, 11) is 1.60. The number of hydrogen-bond donors (Lipinski definition) is 1. The molecular weight excluding hydrogens is 284 g/mol. The fraction of sp³-hybridized carbons (Fsp3) is 0.312. The average Bonchev–Trinajstić information content (AvgIpc) is 2.46. The lowest BCUT2D eigenvalue weighted by Gasteiger charge is -2.32. The maximum atomic E-state index is 12.0. The Labute approximate surface area is 129 Å². The summed E-state index contributed by atoms with van der Waals surface area (Å²) in [5.41, 5.74) is 2.22. The number of thiocarbonyl (C=S) groups is 1. The van der Waals surface area contributed by atoms with E-state index in [9.17, 15) is 10.1 Å². The van der Waals surface area contributed by atoms with Crippen LogP contribution >= 0.6 is 12.2 Å². The van der Waals surface area contributed by atoms with E-state index < -0.39 is 5.92 Å². The summed E-state index contributed by atoms with van der Waals surface area (Å²) in [4.78, 5) is 12.5. The first kappa shape index (κ1) is 15.2. The molecule has 0 fully saturated rings. The van der Waals surface area contributed by atoms with Crippen molar-refractivity contribution in [2.45, 2.75) is 19.8 Å². The van der Waals surface area contributed by atoms with Gasteiger partial charge in [-0.3, -0.25) is 4.79 Å². The summed E-state index contributed by atoms with van der Waals surface area (Å²) in [5.74, 6) is -0.208. The number of carbonyl (C=O) groups excluding carboxylic acids is 1. The van der Waals surface area contributed by atoms with E-state index >= 15 is 0 Å². The van der Waals surface area contributed by atoms with Gasteiger partial charge in [0.05, 0.1) is 18.2 Å². The predicted molar refractivity (Wildman–Crippen MR) is 84.0 cm³/mol. The van der Waals surface area contributed by atoms with Crippen LogP contribution in [0.5, 0.6) is 5.75 Å². The molecule has 108 valence electrons. The number of nitriles is 1. The standard InChI is InChI=1S/C16H16N2O2S/c1-9-14(10(2)19)15(13(8-17)16(21)18-9)11-4-6-12(20-3)7-5-11/h4-7,13,15H,1-3H3,(H,18,21). The van der Waals surface area contributed by atoms with Gasteiger partial charge in [-0.05, 0) is 31.5 Å². The Hall–Kier alpha value is -2.19. The molecule has 0 saturated heterocycles. The minimum Gasteiger partial charge on any atom is -0.497 e. The minimum atomic E-state index is -0.545. The van der Waals surface area contributed by atoms with Crippen LogP contribution in [0.3, 0.4) is 0 Å². The van der Waals surface area contributed by atoms with Gasteiger partial charge in [0, 0.05) is 17.2 Å². The molecular formula is C16H16N2O2S. The van der Waals surface area contributed by atoms with E-state index in [0.29, 0.717) is 10.6 Å². The number of nitrogens with one attached hydrogen (secondary N) is 1. The number of nitrogens with zero attached hydrogens (tertiary/aromatic N) is 1.